The standard InChI is InChI=1S/C22H25NO2S/c24-21(22(9-1-2-10-22)20-4-3-13-26-20)23-11-7-18(15-23)16-5-6-19-17(14-16)8-12-25-19/h3-6,13-14,18H,1-2,7-12,15H2/t18-/m1/s1. The zero-order chi connectivity index (χ0) is 17.6. The lowest BCUT2D eigenvalue weighted by molar-refractivity contribution is -0.136. The van der Waals surface area contributed by atoms with Crippen LogP contribution in [-0.4, -0.2) is 30.5 Å². The Bertz CT molecular complexity index is 808. The minimum Gasteiger partial charge on any atom is -0.493 e. The maximum atomic E-state index is 13.5. The second kappa shape index (κ2) is 6.41. The fourth-order valence-electron chi connectivity index (χ4n) is 5.07. The molecule has 136 valence electrons. The normalized spacial score (nSPS) is 23.8. The Morgan fingerprint density at radius 3 is 2.92 bits per heavy atom. The molecule has 1 saturated carbocycles. The Balaban J connectivity index is 1.36. The topological polar surface area (TPSA) is 29.5 Å². The number of carbonyl (C=O) groups excluding carboxylic acids is 1. The predicted octanol–water partition coefficient (Wildman–Crippen LogP) is 4.51. The van der Waals surface area contributed by atoms with Crippen LogP contribution in [0.15, 0.2) is 35.7 Å². The van der Waals surface area contributed by atoms with E-state index < -0.39 is 0 Å². The maximum Gasteiger partial charge on any atom is 0.234 e. The number of hydrogen-bond donors (Lipinski definition) is 0. The number of fused-ring (bicyclic) bond motifs is 1. The first-order valence-electron chi connectivity index (χ1n) is 9.85. The summed E-state index contributed by atoms with van der Waals surface area (Å²) in [6.45, 7) is 2.56. The van der Waals surface area contributed by atoms with Gasteiger partial charge in [-0.2, -0.15) is 0 Å². The molecule has 0 unspecified atom stereocenters. The van der Waals surface area contributed by atoms with Crippen LogP contribution in [0.25, 0.3) is 0 Å². The molecule has 4 heteroatoms. The molecule has 3 nitrogen and oxygen atoms in total. The molecule has 1 atom stereocenters. The van der Waals surface area contributed by atoms with Crippen molar-refractivity contribution in [2.75, 3.05) is 19.7 Å². The Labute approximate surface area is 159 Å². The number of amides is 1. The van der Waals surface area contributed by atoms with Gasteiger partial charge >= 0.3 is 0 Å². The number of likely N-dealkylation sites (tertiary alicyclic amines) is 1. The highest BCUT2D eigenvalue weighted by molar-refractivity contribution is 7.10. The van der Waals surface area contributed by atoms with Crippen LogP contribution in [0.4, 0.5) is 0 Å². The van der Waals surface area contributed by atoms with E-state index in [9.17, 15) is 4.79 Å². The van der Waals surface area contributed by atoms with E-state index >= 15 is 0 Å². The van der Waals surface area contributed by atoms with E-state index in [2.05, 4.69) is 40.6 Å². The smallest absolute Gasteiger partial charge is 0.234 e. The molecule has 2 fully saturated rings. The Morgan fingerprint density at radius 2 is 2.12 bits per heavy atom. The molecule has 26 heavy (non-hydrogen) atoms. The lowest BCUT2D eigenvalue weighted by Crippen LogP contribution is -2.44. The zero-order valence-corrected chi connectivity index (χ0v) is 15.9. The first-order chi connectivity index (χ1) is 12.8. The van der Waals surface area contributed by atoms with E-state index in [0.29, 0.717) is 11.8 Å². The van der Waals surface area contributed by atoms with E-state index in [0.717, 1.165) is 51.1 Å². The molecule has 2 aromatic rings. The Hall–Kier alpha value is -1.81. The Kier molecular flexibility index (Phi) is 4.04. The molecule has 1 aromatic carbocycles. The highest BCUT2D eigenvalue weighted by atomic mass is 32.1. The fraction of sp³-hybridized carbons (Fsp3) is 0.500. The summed E-state index contributed by atoms with van der Waals surface area (Å²) in [7, 11) is 0. The molecule has 3 aliphatic rings. The summed E-state index contributed by atoms with van der Waals surface area (Å²) in [4.78, 5) is 17.0. The maximum absolute atomic E-state index is 13.5. The lowest BCUT2D eigenvalue weighted by atomic mass is 9.83. The van der Waals surface area contributed by atoms with Crippen molar-refractivity contribution >= 4 is 17.2 Å². The van der Waals surface area contributed by atoms with Crippen molar-refractivity contribution in [1.82, 2.24) is 4.90 Å². The minimum atomic E-state index is -0.241. The molecule has 3 heterocycles. The van der Waals surface area contributed by atoms with Crippen molar-refractivity contribution in [3.63, 3.8) is 0 Å². The van der Waals surface area contributed by atoms with Crippen molar-refractivity contribution in [3.05, 3.63) is 51.7 Å². The van der Waals surface area contributed by atoms with Crippen LogP contribution in [0.1, 0.15) is 54.0 Å². The fourth-order valence-corrected chi connectivity index (χ4v) is 6.05. The van der Waals surface area contributed by atoms with Gasteiger partial charge in [0.1, 0.15) is 5.75 Å². The van der Waals surface area contributed by atoms with Crippen molar-refractivity contribution in [1.29, 1.82) is 0 Å². The summed E-state index contributed by atoms with van der Waals surface area (Å²) in [5, 5.41) is 2.11. The zero-order valence-electron chi connectivity index (χ0n) is 15.1. The Morgan fingerprint density at radius 1 is 1.23 bits per heavy atom. The molecule has 0 radical (unpaired) electrons. The van der Waals surface area contributed by atoms with Crippen LogP contribution >= 0.6 is 11.3 Å². The minimum absolute atomic E-state index is 0.241. The third-order valence-corrected chi connectivity index (χ3v) is 7.59. The molecule has 1 aromatic heterocycles. The first kappa shape index (κ1) is 16.4. The molecule has 0 spiro atoms. The molecule has 0 N–H and O–H groups in total. The number of rotatable bonds is 3. The average Bonchev–Trinajstić information content (AvgIpc) is 3.48. The second-order valence-electron chi connectivity index (χ2n) is 7.97. The second-order valence-corrected chi connectivity index (χ2v) is 8.92. The van der Waals surface area contributed by atoms with Gasteiger partial charge < -0.3 is 9.64 Å². The summed E-state index contributed by atoms with van der Waals surface area (Å²) in [6, 6.07) is 10.9. The van der Waals surface area contributed by atoms with E-state index in [-0.39, 0.29) is 5.41 Å². The number of nitrogens with zero attached hydrogens (tertiary/aromatic N) is 1. The predicted molar refractivity (Wildman–Crippen MR) is 104 cm³/mol. The summed E-state index contributed by atoms with van der Waals surface area (Å²) in [5.74, 6) is 1.89. The van der Waals surface area contributed by atoms with E-state index in [1.807, 2.05) is 0 Å². The lowest BCUT2D eigenvalue weighted by Gasteiger charge is -2.31. The van der Waals surface area contributed by atoms with Crippen molar-refractivity contribution in [3.8, 4) is 5.75 Å². The largest absolute Gasteiger partial charge is 0.493 e. The van der Waals surface area contributed by atoms with Crippen LogP contribution in [0.2, 0.25) is 0 Å². The third-order valence-electron chi connectivity index (χ3n) is 6.52. The number of thiophene rings is 1. The van der Waals surface area contributed by atoms with Crippen LogP contribution in [0.5, 0.6) is 5.75 Å². The van der Waals surface area contributed by atoms with Crippen molar-refractivity contribution in [2.45, 2.75) is 49.9 Å². The van der Waals surface area contributed by atoms with E-state index in [1.54, 1.807) is 11.3 Å². The van der Waals surface area contributed by atoms with Gasteiger partial charge in [-0.1, -0.05) is 31.0 Å². The average molecular weight is 368 g/mol. The first-order valence-corrected chi connectivity index (χ1v) is 10.7. The molecular weight excluding hydrogens is 342 g/mol. The summed E-state index contributed by atoms with van der Waals surface area (Å²) >= 11 is 1.76. The number of ether oxygens (including phenoxy) is 1. The van der Waals surface area contributed by atoms with Gasteiger partial charge in [0, 0.05) is 30.3 Å². The molecule has 1 saturated heterocycles. The number of hydrogen-bond acceptors (Lipinski definition) is 3. The van der Waals surface area contributed by atoms with Gasteiger partial charge in [-0.05, 0) is 47.9 Å². The molecule has 2 aliphatic heterocycles. The molecule has 5 rings (SSSR count). The third kappa shape index (κ3) is 2.58. The van der Waals surface area contributed by atoms with Crippen LogP contribution in [-0.2, 0) is 16.6 Å². The number of benzene rings is 1. The van der Waals surface area contributed by atoms with Gasteiger partial charge in [0.05, 0.1) is 12.0 Å². The van der Waals surface area contributed by atoms with Crippen LogP contribution < -0.4 is 4.74 Å². The van der Waals surface area contributed by atoms with Gasteiger partial charge in [-0.15, -0.1) is 11.3 Å². The van der Waals surface area contributed by atoms with Crippen LogP contribution in [0.3, 0.4) is 0 Å². The van der Waals surface area contributed by atoms with Crippen LogP contribution in [0, 0.1) is 0 Å². The molecule has 1 aliphatic carbocycles. The highest BCUT2D eigenvalue weighted by Gasteiger charge is 2.47. The quantitative estimate of drug-likeness (QED) is 0.799. The van der Waals surface area contributed by atoms with Gasteiger partial charge in [-0.25, -0.2) is 0 Å². The SMILES string of the molecule is O=C(N1CC[C@@H](c2ccc3c(c2)CCO3)C1)C1(c2cccs2)CCCC1. The van der Waals surface area contributed by atoms with E-state index in [4.69, 9.17) is 4.74 Å². The van der Waals surface area contributed by atoms with E-state index in [1.165, 1.54) is 28.8 Å². The summed E-state index contributed by atoms with van der Waals surface area (Å²) in [5.41, 5.74) is 2.47. The number of carbonyl (C=O) groups is 1. The molecular formula is C22H25NO2S. The van der Waals surface area contributed by atoms with Gasteiger partial charge in [0.15, 0.2) is 0 Å². The molecule has 0 bridgehead atoms. The van der Waals surface area contributed by atoms with Gasteiger partial charge in [0.25, 0.3) is 0 Å². The van der Waals surface area contributed by atoms with Gasteiger partial charge in [-0.3, -0.25) is 4.79 Å². The van der Waals surface area contributed by atoms with Gasteiger partial charge in [0.2, 0.25) is 5.91 Å². The summed E-state index contributed by atoms with van der Waals surface area (Å²) in [6.07, 6.45) is 6.47. The van der Waals surface area contributed by atoms with Crippen molar-refractivity contribution < 1.29 is 9.53 Å². The molecule has 1 amide bonds. The summed E-state index contributed by atoms with van der Waals surface area (Å²) < 4.78 is 5.63. The highest BCUT2D eigenvalue weighted by Crippen LogP contribution is 2.45. The van der Waals surface area contributed by atoms with Crippen molar-refractivity contribution in [2.24, 2.45) is 0 Å². The monoisotopic (exact) mass is 367 g/mol.